The van der Waals surface area contributed by atoms with E-state index in [1.807, 2.05) is 0 Å². The summed E-state index contributed by atoms with van der Waals surface area (Å²) < 4.78 is 42.0. The maximum Gasteiger partial charge on any atom is 0.415 e. The molecule has 3 N–H and O–H groups in total. The number of nitrogens with one attached hydrogen (secondary N) is 1. The van der Waals surface area contributed by atoms with Crippen molar-refractivity contribution in [1.82, 2.24) is 5.32 Å². The first-order chi connectivity index (χ1) is 7.16. The van der Waals surface area contributed by atoms with Crippen LogP contribution >= 0.6 is 0 Å². The third kappa shape index (κ3) is 3.64. The summed E-state index contributed by atoms with van der Waals surface area (Å²) in [5, 5.41) is 2.21. The molecule has 0 spiro atoms. The number of ether oxygens (including phenoxy) is 1. The molecule has 0 saturated carbocycles. The molecule has 0 saturated heterocycles. The zero-order chi connectivity index (χ0) is 13.0. The summed E-state index contributed by atoms with van der Waals surface area (Å²) in [5.74, 6) is -1.25. The Morgan fingerprint density at radius 2 is 2.00 bits per heavy atom. The van der Waals surface area contributed by atoms with Crippen LogP contribution < -0.4 is 11.1 Å². The summed E-state index contributed by atoms with van der Waals surface area (Å²) in [4.78, 5) is 11.3. The van der Waals surface area contributed by atoms with E-state index < -0.39 is 23.7 Å². The summed E-state index contributed by atoms with van der Waals surface area (Å²) >= 11 is 0. The van der Waals surface area contributed by atoms with Crippen LogP contribution in [0.15, 0.2) is 0 Å². The number of hydrogen-bond acceptors (Lipinski definition) is 3. The third-order valence-corrected chi connectivity index (χ3v) is 2.26. The van der Waals surface area contributed by atoms with Crippen LogP contribution in [0, 0.1) is 0 Å². The van der Waals surface area contributed by atoms with Crippen LogP contribution in [0.4, 0.5) is 13.2 Å². The Morgan fingerprint density at radius 3 is 2.31 bits per heavy atom. The van der Waals surface area contributed by atoms with Crippen LogP contribution in [-0.2, 0) is 9.53 Å². The van der Waals surface area contributed by atoms with Crippen molar-refractivity contribution >= 4 is 5.91 Å². The second-order valence-corrected chi connectivity index (χ2v) is 3.73. The molecule has 0 aromatic heterocycles. The number of rotatable bonds is 5. The van der Waals surface area contributed by atoms with E-state index in [1.165, 1.54) is 7.11 Å². The van der Waals surface area contributed by atoms with Gasteiger partial charge in [-0.1, -0.05) is 6.92 Å². The molecule has 0 aromatic rings. The van der Waals surface area contributed by atoms with Crippen molar-refractivity contribution in [2.45, 2.75) is 38.0 Å². The highest BCUT2D eigenvalue weighted by molar-refractivity contribution is 5.86. The quantitative estimate of drug-likeness (QED) is 0.749. The average Bonchev–Trinajstić information content (AvgIpc) is 2.15. The third-order valence-electron chi connectivity index (χ3n) is 2.26. The summed E-state index contributed by atoms with van der Waals surface area (Å²) in [6.07, 6.45) is -4.31. The lowest BCUT2D eigenvalue weighted by Crippen LogP contribution is -2.63. The molecule has 0 bridgehead atoms. The minimum Gasteiger partial charge on any atom is -0.383 e. The molecule has 0 aliphatic heterocycles. The molecule has 96 valence electrons. The van der Waals surface area contributed by atoms with Crippen molar-refractivity contribution < 1.29 is 22.7 Å². The molecular formula is C9H17F3N2O2. The van der Waals surface area contributed by atoms with Gasteiger partial charge in [0.15, 0.2) is 5.54 Å². The molecule has 16 heavy (non-hydrogen) atoms. The Morgan fingerprint density at radius 1 is 1.50 bits per heavy atom. The van der Waals surface area contributed by atoms with E-state index in [4.69, 9.17) is 10.5 Å². The van der Waals surface area contributed by atoms with Gasteiger partial charge < -0.3 is 15.8 Å². The van der Waals surface area contributed by atoms with Gasteiger partial charge in [-0.3, -0.25) is 4.79 Å². The van der Waals surface area contributed by atoms with Crippen molar-refractivity contribution in [3.8, 4) is 0 Å². The predicted molar refractivity (Wildman–Crippen MR) is 52.7 cm³/mol. The lowest BCUT2D eigenvalue weighted by Gasteiger charge is -2.28. The summed E-state index contributed by atoms with van der Waals surface area (Å²) in [6.45, 7) is 2.52. The Kier molecular flexibility index (Phi) is 5.21. The smallest absolute Gasteiger partial charge is 0.383 e. The van der Waals surface area contributed by atoms with Crippen molar-refractivity contribution in [2.24, 2.45) is 5.73 Å². The van der Waals surface area contributed by atoms with Gasteiger partial charge in [0.25, 0.3) is 0 Å². The molecule has 4 nitrogen and oxygen atoms in total. The van der Waals surface area contributed by atoms with Gasteiger partial charge >= 0.3 is 6.18 Å². The van der Waals surface area contributed by atoms with Gasteiger partial charge in [-0.05, 0) is 13.3 Å². The fourth-order valence-corrected chi connectivity index (χ4v) is 0.927. The molecule has 0 heterocycles. The number of nitrogens with two attached hydrogens (primary N) is 1. The molecule has 2 unspecified atom stereocenters. The number of methoxy groups -OCH3 is 1. The van der Waals surface area contributed by atoms with E-state index in [0.717, 1.165) is 0 Å². The van der Waals surface area contributed by atoms with Crippen molar-refractivity contribution in [3.05, 3.63) is 0 Å². The molecule has 0 aliphatic carbocycles. The standard InChI is InChI=1S/C9H17F3N2O2/c1-4-6(5-16-3)14-7(15)8(2,13)9(10,11)12/h6H,4-5,13H2,1-3H3,(H,14,15). The van der Waals surface area contributed by atoms with E-state index in [0.29, 0.717) is 13.3 Å². The zero-order valence-electron chi connectivity index (χ0n) is 9.52. The molecule has 0 aliphatic rings. The summed E-state index contributed by atoms with van der Waals surface area (Å²) in [7, 11) is 1.40. The maximum atomic E-state index is 12.4. The van der Waals surface area contributed by atoms with Crippen molar-refractivity contribution in [3.63, 3.8) is 0 Å². The minimum atomic E-state index is -4.78. The first kappa shape index (κ1) is 15.2. The highest BCUT2D eigenvalue weighted by Gasteiger charge is 2.54. The molecule has 0 aromatic carbocycles. The molecule has 2 atom stereocenters. The van der Waals surface area contributed by atoms with E-state index in [1.54, 1.807) is 6.92 Å². The van der Waals surface area contributed by atoms with Crippen LogP contribution in [0.2, 0.25) is 0 Å². The van der Waals surface area contributed by atoms with E-state index in [-0.39, 0.29) is 6.61 Å². The molecule has 0 radical (unpaired) electrons. The van der Waals surface area contributed by atoms with Crippen LogP contribution in [0.5, 0.6) is 0 Å². The maximum absolute atomic E-state index is 12.4. The number of halogens is 3. The van der Waals surface area contributed by atoms with Gasteiger partial charge in [-0.2, -0.15) is 13.2 Å². The number of alkyl halides is 3. The van der Waals surface area contributed by atoms with Crippen LogP contribution in [0.3, 0.4) is 0 Å². The number of hydrogen-bond donors (Lipinski definition) is 2. The Hall–Kier alpha value is -0.820. The molecular weight excluding hydrogens is 225 g/mol. The number of carbonyl (C=O) groups excluding carboxylic acids is 1. The number of amides is 1. The Labute approximate surface area is 92.3 Å². The second kappa shape index (κ2) is 5.49. The predicted octanol–water partition coefficient (Wildman–Crippen LogP) is 0.807. The van der Waals surface area contributed by atoms with Gasteiger partial charge in [0.05, 0.1) is 12.6 Å². The van der Waals surface area contributed by atoms with E-state index >= 15 is 0 Å². The summed E-state index contributed by atoms with van der Waals surface area (Å²) in [5.41, 5.74) is 2.08. The minimum absolute atomic E-state index is 0.149. The Bertz CT molecular complexity index is 241. The van der Waals surface area contributed by atoms with E-state index in [9.17, 15) is 18.0 Å². The van der Waals surface area contributed by atoms with Gasteiger partial charge in [-0.25, -0.2) is 0 Å². The second-order valence-electron chi connectivity index (χ2n) is 3.73. The molecule has 0 fully saturated rings. The van der Waals surface area contributed by atoms with Crippen molar-refractivity contribution in [2.75, 3.05) is 13.7 Å². The largest absolute Gasteiger partial charge is 0.415 e. The lowest BCUT2D eigenvalue weighted by atomic mass is 10.0. The van der Waals surface area contributed by atoms with Crippen LogP contribution in [-0.4, -0.2) is 37.4 Å². The van der Waals surface area contributed by atoms with Gasteiger partial charge in [0.2, 0.25) is 5.91 Å². The van der Waals surface area contributed by atoms with E-state index in [2.05, 4.69) is 5.32 Å². The SMILES string of the molecule is CCC(COC)NC(=O)C(C)(N)C(F)(F)F. The monoisotopic (exact) mass is 242 g/mol. The first-order valence-corrected chi connectivity index (χ1v) is 4.82. The molecule has 1 amide bonds. The first-order valence-electron chi connectivity index (χ1n) is 4.82. The molecule has 0 rings (SSSR count). The lowest BCUT2D eigenvalue weighted by molar-refractivity contribution is -0.188. The number of carbonyl (C=O) groups is 1. The van der Waals surface area contributed by atoms with Crippen molar-refractivity contribution in [1.29, 1.82) is 0 Å². The van der Waals surface area contributed by atoms with Gasteiger partial charge in [0, 0.05) is 7.11 Å². The topological polar surface area (TPSA) is 64.3 Å². The van der Waals surface area contributed by atoms with Crippen LogP contribution in [0.25, 0.3) is 0 Å². The summed E-state index contributed by atoms with van der Waals surface area (Å²) in [6, 6.07) is -0.470. The normalized spacial score (nSPS) is 17.7. The Balaban J connectivity index is 4.56. The highest BCUT2D eigenvalue weighted by atomic mass is 19.4. The molecule has 7 heteroatoms. The fraction of sp³-hybridized carbons (Fsp3) is 0.889. The zero-order valence-corrected chi connectivity index (χ0v) is 9.52. The van der Waals surface area contributed by atoms with Crippen LogP contribution in [0.1, 0.15) is 20.3 Å². The van der Waals surface area contributed by atoms with Gasteiger partial charge in [0.1, 0.15) is 0 Å². The fourth-order valence-electron chi connectivity index (χ4n) is 0.927. The van der Waals surface area contributed by atoms with Gasteiger partial charge in [-0.15, -0.1) is 0 Å². The highest BCUT2D eigenvalue weighted by Crippen LogP contribution is 2.28. The average molecular weight is 242 g/mol.